The van der Waals surface area contributed by atoms with E-state index in [9.17, 15) is 4.79 Å². The van der Waals surface area contributed by atoms with Gasteiger partial charge in [-0.1, -0.05) is 31.4 Å². The summed E-state index contributed by atoms with van der Waals surface area (Å²) in [4.78, 5) is 10.9. The van der Waals surface area contributed by atoms with Gasteiger partial charge in [-0.3, -0.25) is 4.79 Å². The van der Waals surface area contributed by atoms with Crippen molar-refractivity contribution >= 4 is 17.5 Å². The van der Waals surface area contributed by atoms with E-state index in [4.69, 9.17) is 26.8 Å². The molecule has 3 N–H and O–H groups in total. The van der Waals surface area contributed by atoms with E-state index in [2.05, 4.69) is 12.2 Å². The van der Waals surface area contributed by atoms with Crippen LogP contribution in [0.4, 0.5) is 0 Å². The molecule has 23 heavy (non-hydrogen) atoms. The van der Waals surface area contributed by atoms with Gasteiger partial charge in [0.2, 0.25) is 0 Å². The fourth-order valence-electron chi connectivity index (χ4n) is 3.03. The molecule has 1 aliphatic rings. The number of carbonyl (C=O) groups excluding carboxylic acids is 1. The lowest BCUT2D eigenvalue weighted by molar-refractivity contribution is -0.119. The summed E-state index contributed by atoms with van der Waals surface area (Å²) in [5.74, 6) is 0.995. The number of hydrogen-bond acceptors (Lipinski definition) is 4. The number of primary amides is 1. The molecule has 0 aliphatic heterocycles. The maximum atomic E-state index is 10.9. The number of rotatable bonds is 7. The third-order valence-electron chi connectivity index (χ3n) is 4.33. The van der Waals surface area contributed by atoms with Crippen molar-refractivity contribution in [1.82, 2.24) is 5.32 Å². The van der Waals surface area contributed by atoms with E-state index < -0.39 is 5.91 Å². The summed E-state index contributed by atoms with van der Waals surface area (Å²) in [6, 6.07) is 4.25. The minimum Gasteiger partial charge on any atom is -0.493 e. The van der Waals surface area contributed by atoms with Crippen molar-refractivity contribution in [2.75, 3.05) is 13.7 Å². The van der Waals surface area contributed by atoms with Gasteiger partial charge in [0.25, 0.3) is 5.91 Å². The molecule has 1 fully saturated rings. The normalized spacial score (nSPS) is 21.0. The second kappa shape index (κ2) is 8.41. The zero-order valence-corrected chi connectivity index (χ0v) is 14.5. The molecule has 0 unspecified atom stereocenters. The van der Waals surface area contributed by atoms with Gasteiger partial charge >= 0.3 is 0 Å². The first-order valence-electron chi connectivity index (χ1n) is 8.02. The Bertz CT molecular complexity index is 551. The Balaban J connectivity index is 2.04. The Morgan fingerprint density at radius 2 is 2.13 bits per heavy atom. The highest BCUT2D eigenvalue weighted by molar-refractivity contribution is 6.32. The minimum absolute atomic E-state index is 0.229. The van der Waals surface area contributed by atoms with Gasteiger partial charge < -0.3 is 20.5 Å². The third kappa shape index (κ3) is 5.01. The molecule has 0 aromatic heterocycles. The number of methoxy groups -OCH3 is 1. The van der Waals surface area contributed by atoms with Crippen LogP contribution in [0.25, 0.3) is 0 Å². The predicted octanol–water partition coefficient (Wildman–Crippen LogP) is 2.88. The molecule has 0 spiro atoms. The van der Waals surface area contributed by atoms with Gasteiger partial charge in [-0.05, 0) is 36.5 Å². The van der Waals surface area contributed by atoms with E-state index in [1.165, 1.54) is 25.7 Å². The van der Waals surface area contributed by atoms with Crippen LogP contribution in [-0.2, 0) is 11.3 Å². The number of nitrogens with one attached hydrogen (secondary N) is 1. The molecular formula is C17H25ClN2O3. The van der Waals surface area contributed by atoms with Gasteiger partial charge in [0.05, 0.1) is 12.1 Å². The van der Waals surface area contributed by atoms with Crippen molar-refractivity contribution in [1.29, 1.82) is 0 Å². The summed E-state index contributed by atoms with van der Waals surface area (Å²) < 4.78 is 10.7. The van der Waals surface area contributed by atoms with Crippen LogP contribution in [0, 0.1) is 5.92 Å². The summed E-state index contributed by atoms with van der Waals surface area (Å²) >= 11 is 6.26. The van der Waals surface area contributed by atoms with Crippen molar-refractivity contribution in [3.8, 4) is 11.5 Å². The maximum absolute atomic E-state index is 10.9. The molecule has 1 saturated carbocycles. The molecular weight excluding hydrogens is 316 g/mol. The molecule has 0 heterocycles. The molecule has 5 nitrogen and oxygen atoms in total. The second-order valence-electron chi connectivity index (χ2n) is 6.11. The zero-order valence-electron chi connectivity index (χ0n) is 13.7. The lowest BCUT2D eigenvalue weighted by atomic mass is 9.86. The average Bonchev–Trinajstić information content (AvgIpc) is 2.52. The molecule has 1 aliphatic carbocycles. The first-order valence-corrected chi connectivity index (χ1v) is 8.40. The van der Waals surface area contributed by atoms with Crippen LogP contribution >= 0.6 is 11.6 Å². The van der Waals surface area contributed by atoms with Gasteiger partial charge in [0, 0.05) is 12.6 Å². The number of nitrogens with two attached hydrogens (primary N) is 1. The molecule has 2 rings (SSSR count). The molecule has 1 amide bonds. The number of hydrogen-bond donors (Lipinski definition) is 2. The van der Waals surface area contributed by atoms with Crippen LogP contribution in [-0.4, -0.2) is 25.7 Å². The Hall–Kier alpha value is -1.46. The molecule has 2 atom stereocenters. The van der Waals surface area contributed by atoms with Crippen LogP contribution in [0.1, 0.15) is 38.2 Å². The van der Waals surface area contributed by atoms with Crippen molar-refractivity contribution in [2.45, 2.75) is 45.2 Å². The maximum Gasteiger partial charge on any atom is 0.255 e. The highest BCUT2D eigenvalue weighted by Crippen LogP contribution is 2.36. The first-order chi connectivity index (χ1) is 11.0. The Morgan fingerprint density at radius 3 is 2.78 bits per heavy atom. The monoisotopic (exact) mass is 340 g/mol. The summed E-state index contributed by atoms with van der Waals surface area (Å²) in [7, 11) is 1.54. The summed E-state index contributed by atoms with van der Waals surface area (Å²) in [5, 5.41) is 4.02. The van der Waals surface area contributed by atoms with Gasteiger partial charge in [0.15, 0.2) is 18.1 Å². The predicted molar refractivity (Wildman–Crippen MR) is 91.0 cm³/mol. The van der Waals surface area contributed by atoms with Crippen LogP contribution in [0.5, 0.6) is 11.5 Å². The molecule has 1 aromatic rings. The summed E-state index contributed by atoms with van der Waals surface area (Å²) in [6.07, 6.45) is 5.10. The van der Waals surface area contributed by atoms with E-state index in [1.54, 1.807) is 7.11 Å². The van der Waals surface area contributed by atoms with Crippen LogP contribution in [0.15, 0.2) is 12.1 Å². The largest absolute Gasteiger partial charge is 0.493 e. The van der Waals surface area contributed by atoms with E-state index in [-0.39, 0.29) is 6.61 Å². The SMILES string of the molecule is COc1cc(CN[C@H]2CCCC[C@H]2C)cc(Cl)c1OCC(N)=O. The van der Waals surface area contributed by atoms with E-state index in [0.717, 1.165) is 12.1 Å². The fraction of sp³-hybridized carbons (Fsp3) is 0.588. The number of carbonyl (C=O) groups is 1. The van der Waals surface area contributed by atoms with Crippen molar-refractivity contribution in [3.63, 3.8) is 0 Å². The van der Waals surface area contributed by atoms with Gasteiger partial charge in [-0.15, -0.1) is 0 Å². The molecule has 1 aromatic carbocycles. The lowest BCUT2D eigenvalue weighted by Gasteiger charge is -2.29. The Kier molecular flexibility index (Phi) is 6.54. The number of ether oxygens (including phenoxy) is 2. The number of benzene rings is 1. The zero-order chi connectivity index (χ0) is 16.8. The standard InChI is InChI=1S/C17H25ClN2O3/c1-11-5-3-4-6-14(11)20-9-12-7-13(18)17(15(8-12)22-2)23-10-16(19)21/h7-8,11,14,20H,3-6,9-10H2,1-2H3,(H2,19,21)/t11-,14+/m1/s1. The average molecular weight is 341 g/mol. The topological polar surface area (TPSA) is 73.6 Å². The Morgan fingerprint density at radius 1 is 1.39 bits per heavy atom. The van der Waals surface area contributed by atoms with Crippen molar-refractivity contribution in [3.05, 3.63) is 22.7 Å². The second-order valence-corrected chi connectivity index (χ2v) is 6.52. The van der Waals surface area contributed by atoms with Gasteiger partial charge in [-0.2, -0.15) is 0 Å². The highest BCUT2D eigenvalue weighted by atomic mass is 35.5. The van der Waals surface area contributed by atoms with Gasteiger partial charge in [0.1, 0.15) is 0 Å². The van der Waals surface area contributed by atoms with Crippen molar-refractivity contribution in [2.24, 2.45) is 11.7 Å². The molecule has 0 bridgehead atoms. The van der Waals surface area contributed by atoms with E-state index in [1.807, 2.05) is 12.1 Å². The smallest absolute Gasteiger partial charge is 0.255 e. The summed E-state index contributed by atoms with van der Waals surface area (Å²) in [5.41, 5.74) is 6.12. The molecule has 0 radical (unpaired) electrons. The third-order valence-corrected chi connectivity index (χ3v) is 4.61. The fourth-order valence-corrected chi connectivity index (χ4v) is 3.31. The highest BCUT2D eigenvalue weighted by Gasteiger charge is 2.21. The van der Waals surface area contributed by atoms with Crippen LogP contribution in [0.2, 0.25) is 5.02 Å². The summed E-state index contributed by atoms with van der Waals surface area (Å²) in [6.45, 7) is 2.79. The number of amides is 1. The molecule has 128 valence electrons. The lowest BCUT2D eigenvalue weighted by Crippen LogP contribution is -2.36. The first kappa shape index (κ1) is 17.9. The van der Waals surface area contributed by atoms with Crippen LogP contribution in [0.3, 0.4) is 0 Å². The van der Waals surface area contributed by atoms with Crippen LogP contribution < -0.4 is 20.5 Å². The van der Waals surface area contributed by atoms with E-state index in [0.29, 0.717) is 28.5 Å². The Labute approximate surface area is 142 Å². The quantitative estimate of drug-likeness (QED) is 0.800. The molecule has 0 saturated heterocycles. The van der Waals surface area contributed by atoms with Gasteiger partial charge in [-0.25, -0.2) is 0 Å². The molecule has 6 heteroatoms. The van der Waals surface area contributed by atoms with Crippen molar-refractivity contribution < 1.29 is 14.3 Å². The number of halogens is 1. The minimum atomic E-state index is -0.555. The van der Waals surface area contributed by atoms with E-state index >= 15 is 0 Å².